The second kappa shape index (κ2) is 5.40. The number of nitrogens with two attached hydrogens (primary N) is 1. The molecule has 0 aliphatic rings. The number of aryl methyl sites for hydroxylation is 1. The first-order chi connectivity index (χ1) is 10.1. The molecule has 3 aromatic rings. The lowest BCUT2D eigenvalue weighted by Crippen LogP contribution is -2.10. The molecule has 0 bridgehead atoms. The molecule has 0 aliphatic heterocycles. The maximum Gasteiger partial charge on any atom is 0.222 e. The number of para-hydroxylation sites is 1. The second-order valence-electron chi connectivity index (χ2n) is 5.22. The first-order valence-electron chi connectivity index (χ1n) is 6.99. The fourth-order valence-corrected chi connectivity index (χ4v) is 2.35. The van der Waals surface area contributed by atoms with Crippen LogP contribution in [-0.2, 0) is 0 Å². The van der Waals surface area contributed by atoms with E-state index in [0.717, 1.165) is 16.7 Å². The van der Waals surface area contributed by atoms with Gasteiger partial charge in [-0.1, -0.05) is 42.0 Å². The summed E-state index contributed by atoms with van der Waals surface area (Å²) in [4.78, 5) is 8.59. The van der Waals surface area contributed by atoms with Gasteiger partial charge in [0.05, 0.1) is 5.52 Å². The highest BCUT2D eigenvalue weighted by Gasteiger charge is 2.10. The molecule has 0 saturated heterocycles. The summed E-state index contributed by atoms with van der Waals surface area (Å²) in [5.41, 5.74) is 9.11. The lowest BCUT2D eigenvalue weighted by molar-refractivity contribution is 0.876. The molecule has 3 N–H and O–H groups in total. The van der Waals surface area contributed by atoms with E-state index in [-0.39, 0.29) is 12.0 Å². The Labute approximate surface area is 124 Å². The summed E-state index contributed by atoms with van der Waals surface area (Å²) < 4.78 is 0. The number of fused-ring (bicyclic) bond motifs is 1. The van der Waals surface area contributed by atoms with Crippen LogP contribution in [0.3, 0.4) is 0 Å². The average molecular weight is 278 g/mol. The lowest BCUT2D eigenvalue weighted by atomic mass is 10.1. The minimum atomic E-state index is 0.142. The van der Waals surface area contributed by atoms with Crippen molar-refractivity contribution in [3.05, 3.63) is 59.7 Å². The highest BCUT2D eigenvalue weighted by molar-refractivity contribution is 5.89. The Morgan fingerprint density at radius 2 is 1.71 bits per heavy atom. The molecular formula is C17H18N4. The lowest BCUT2D eigenvalue weighted by Gasteiger charge is -2.16. The zero-order valence-corrected chi connectivity index (χ0v) is 12.2. The molecule has 0 fully saturated rings. The van der Waals surface area contributed by atoms with Gasteiger partial charge in [-0.05, 0) is 31.5 Å². The summed E-state index contributed by atoms with van der Waals surface area (Å²) >= 11 is 0. The van der Waals surface area contributed by atoms with Crippen LogP contribution in [0.4, 0.5) is 11.8 Å². The standard InChI is InChI=1S/C17H18N4/c1-11-7-9-13(10-8-11)12(2)19-16-14-5-3-4-6-15(14)20-17(18)21-16/h3-10,12H,1-2H3,(H3,18,19,20,21). The third kappa shape index (κ3) is 2.79. The van der Waals surface area contributed by atoms with Crippen LogP contribution < -0.4 is 11.1 Å². The first kappa shape index (κ1) is 13.4. The fraction of sp³-hybridized carbons (Fsp3) is 0.176. The molecule has 0 aliphatic carbocycles. The van der Waals surface area contributed by atoms with E-state index in [0.29, 0.717) is 0 Å². The number of benzene rings is 2. The Bertz CT molecular complexity index is 765. The molecule has 0 saturated carbocycles. The van der Waals surface area contributed by atoms with Crippen molar-refractivity contribution in [2.24, 2.45) is 0 Å². The fourth-order valence-electron chi connectivity index (χ4n) is 2.35. The Balaban J connectivity index is 1.95. The van der Waals surface area contributed by atoms with E-state index in [1.54, 1.807) is 0 Å². The molecule has 1 aromatic heterocycles. The second-order valence-corrected chi connectivity index (χ2v) is 5.22. The van der Waals surface area contributed by atoms with Crippen LogP contribution in [0.25, 0.3) is 10.9 Å². The normalized spacial score (nSPS) is 12.3. The maximum absolute atomic E-state index is 5.80. The zero-order chi connectivity index (χ0) is 14.8. The van der Waals surface area contributed by atoms with Gasteiger partial charge < -0.3 is 11.1 Å². The van der Waals surface area contributed by atoms with Gasteiger partial charge in [-0.15, -0.1) is 0 Å². The number of nitrogens with one attached hydrogen (secondary N) is 1. The summed E-state index contributed by atoms with van der Waals surface area (Å²) in [6.07, 6.45) is 0. The number of aromatic nitrogens is 2. The van der Waals surface area contributed by atoms with Crippen molar-refractivity contribution in [3.63, 3.8) is 0 Å². The van der Waals surface area contributed by atoms with Crippen LogP contribution in [-0.4, -0.2) is 9.97 Å². The van der Waals surface area contributed by atoms with Crippen LogP contribution >= 0.6 is 0 Å². The van der Waals surface area contributed by atoms with Crippen molar-refractivity contribution < 1.29 is 0 Å². The Morgan fingerprint density at radius 1 is 1.00 bits per heavy atom. The van der Waals surface area contributed by atoms with Gasteiger partial charge in [-0.25, -0.2) is 4.98 Å². The minimum Gasteiger partial charge on any atom is -0.368 e. The van der Waals surface area contributed by atoms with Crippen molar-refractivity contribution in [2.45, 2.75) is 19.9 Å². The van der Waals surface area contributed by atoms with Gasteiger partial charge in [-0.3, -0.25) is 0 Å². The maximum atomic E-state index is 5.80. The molecule has 2 aromatic carbocycles. The molecule has 4 heteroatoms. The largest absolute Gasteiger partial charge is 0.368 e. The monoisotopic (exact) mass is 278 g/mol. The molecule has 0 spiro atoms. The molecule has 106 valence electrons. The summed E-state index contributed by atoms with van der Waals surface area (Å²) in [6, 6.07) is 16.5. The van der Waals surface area contributed by atoms with Crippen LogP contribution in [0.1, 0.15) is 24.1 Å². The van der Waals surface area contributed by atoms with Crippen molar-refractivity contribution >= 4 is 22.7 Å². The summed E-state index contributed by atoms with van der Waals surface area (Å²) in [6.45, 7) is 4.19. The van der Waals surface area contributed by atoms with Crippen molar-refractivity contribution in [3.8, 4) is 0 Å². The van der Waals surface area contributed by atoms with E-state index < -0.39 is 0 Å². The van der Waals surface area contributed by atoms with Gasteiger partial charge in [0, 0.05) is 11.4 Å². The van der Waals surface area contributed by atoms with Gasteiger partial charge in [0.1, 0.15) is 5.82 Å². The molecule has 1 atom stereocenters. The quantitative estimate of drug-likeness (QED) is 0.767. The number of rotatable bonds is 3. The smallest absolute Gasteiger partial charge is 0.222 e. The number of hydrogen-bond acceptors (Lipinski definition) is 4. The van der Waals surface area contributed by atoms with E-state index in [2.05, 4.69) is 53.4 Å². The Kier molecular flexibility index (Phi) is 3.44. The van der Waals surface area contributed by atoms with E-state index in [9.17, 15) is 0 Å². The molecule has 21 heavy (non-hydrogen) atoms. The van der Waals surface area contributed by atoms with E-state index in [4.69, 9.17) is 5.73 Å². The molecule has 4 nitrogen and oxygen atoms in total. The molecule has 0 radical (unpaired) electrons. The van der Waals surface area contributed by atoms with Crippen LogP contribution in [0.5, 0.6) is 0 Å². The highest BCUT2D eigenvalue weighted by Crippen LogP contribution is 2.25. The Hall–Kier alpha value is -2.62. The topological polar surface area (TPSA) is 63.8 Å². The van der Waals surface area contributed by atoms with Crippen LogP contribution in [0.2, 0.25) is 0 Å². The predicted octanol–water partition coefficient (Wildman–Crippen LogP) is 3.69. The first-order valence-corrected chi connectivity index (χ1v) is 6.99. The van der Waals surface area contributed by atoms with Gasteiger partial charge in [0.2, 0.25) is 5.95 Å². The van der Waals surface area contributed by atoms with Gasteiger partial charge in [0.25, 0.3) is 0 Å². The van der Waals surface area contributed by atoms with Crippen molar-refractivity contribution in [1.29, 1.82) is 0 Å². The summed E-state index contributed by atoms with van der Waals surface area (Å²) in [5, 5.41) is 4.41. The molecule has 1 unspecified atom stereocenters. The van der Waals surface area contributed by atoms with Crippen molar-refractivity contribution in [1.82, 2.24) is 9.97 Å². The van der Waals surface area contributed by atoms with Crippen molar-refractivity contribution in [2.75, 3.05) is 11.1 Å². The number of nitrogen functional groups attached to an aromatic ring is 1. The Morgan fingerprint density at radius 3 is 2.48 bits per heavy atom. The number of hydrogen-bond donors (Lipinski definition) is 2. The van der Waals surface area contributed by atoms with Crippen LogP contribution in [0.15, 0.2) is 48.5 Å². The zero-order valence-electron chi connectivity index (χ0n) is 12.2. The van der Waals surface area contributed by atoms with Gasteiger partial charge in [-0.2, -0.15) is 4.98 Å². The van der Waals surface area contributed by atoms with E-state index in [1.807, 2.05) is 24.3 Å². The molecule has 0 amide bonds. The summed E-state index contributed by atoms with van der Waals surface area (Å²) in [5.74, 6) is 1.05. The van der Waals surface area contributed by atoms with Gasteiger partial charge >= 0.3 is 0 Å². The molecule has 3 rings (SSSR count). The summed E-state index contributed by atoms with van der Waals surface area (Å²) in [7, 11) is 0. The predicted molar refractivity (Wildman–Crippen MR) is 87.2 cm³/mol. The van der Waals surface area contributed by atoms with Gasteiger partial charge in [0.15, 0.2) is 0 Å². The SMILES string of the molecule is Cc1ccc(C(C)Nc2nc(N)nc3ccccc23)cc1. The van der Waals surface area contributed by atoms with Crippen LogP contribution in [0, 0.1) is 6.92 Å². The third-order valence-electron chi connectivity index (χ3n) is 3.55. The number of nitrogens with zero attached hydrogens (tertiary/aromatic N) is 2. The third-order valence-corrected chi connectivity index (χ3v) is 3.55. The van der Waals surface area contributed by atoms with E-state index in [1.165, 1.54) is 11.1 Å². The molecular weight excluding hydrogens is 260 g/mol. The molecule has 1 heterocycles. The van der Waals surface area contributed by atoms with E-state index >= 15 is 0 Å². The minimum absolute atomic E-state index is 0.142. The number of anilines is 2. The average Bonchev–Trinajstić information content (AvgIpc) is 2.47. The highest BCUT2D eigenvalue weighted by atomic mass is 15.1.